The Bertz CT molecular complexity index is 595. The molecule has 0 aromatic heterocycles. The van der Waals surface area contributed by atoms with Crippen molar-refractivity contribution in [1.82, 2.24) is 0 Å². The second-order valence-corrected chi connectivity index (χ2v) is 4.65. The van der Waals surface area contributed by atoms with E-state index in [1.54, 1.807) is 19.1 Å². The van der Waals surface area contributed by atoms with Crippen molar-refractivity contribution in [2.75, 3.05) is 11.5 Å². The van der Waals surface area contributed by atoms with Crippen LogP contribution >= 0.6 is 0 Å². The molecule has 0 radical (unpaired) electrons. The van der Waals surface area contributed by atoms with E-state index < -0.39 is 0 Å². The van der Waals surface area contributed by atoms with Gasteiger partial charge in [0.05, 0.1) is 5.69 Å². The van der Waals surface area contributed by atoms with Crippen LogP contribution in [0, 0.1) is 24.7 Å². The molecule has 1 aromatic rings. The van der Waals surface area contributed by atoms with Crippen LogP contribution in [0.5, 0.6) is 0 Å². The Balaban J connectivity index is 2.51. The van der Waals surface area contributed by atoms with Crippen molar-refractivity contribution in [2.24, 2.45) is 5.92 Å². The lowest BCUT2D eigenvalue weighted by molar-refractivity contribution is -0.122. The van der Waals surface area contributed by atoms with Crippen molar-refractivity contribution >= 4 is 17.5 Å². The number of imide groups is 1. The van der Waals surface area contributed by atoms with Gasteiger partial charge in [-0.1, -0.05) is 24.8 Å². The number of benzene rings is 1. The average molecular weight is 257 g/mol. The number of rotatable bonds is 1. The van der Waals surface area contributed by atoms with Crippen molar-refractivity contribution in [2.45, 2.75) is 20.3 Å². The summed E-state index contributed by atoms with van der Waals surface area (Å²) in [6.07, 6.45) is 0.236. The summed E-state index contributed by atoms with van der Waals surface area (Å²) in [6.45, 7) is 3.38. The zero-order chi connectivity index (χ0) is 14.0. The van der Waals surface area contributed by atoms with Crippen molar-refractivity contribution < 1.29 is 14.7 Å². The van der Waals surface area contributed by atoms with Crippen LogP contribution in [0.1, 0.15) is 24.5 Å². The lowest BCUT2D eigenvalue weighted by Crippen LogP contribution is -2.30. The quantitative estimate of drug-likeness (QED) is 0.608. The first-order chi connectivity index (χ1) is 9.04. The van der Waals surface area contributed by atoms with E-state index in [0.29, 0.717) is 11.3 Å². The molecule has 1 saturated heterocycles. The first-order valence-corrected chi connectivity index (χ1v) is 6.11. The highest BCUT2D eigenvalue weighted by Gasteiger charge is 2.37. The molecule has 98 valence electrons. The fourth-order valence-electron chi connectivity index (χ4n) is 2.10. The van der Waals surface area contributed by atoms with Crippen LogP contribution in [0.25, 0.3) is 0 Å². The van der Waals surface area contributed by atoms with Gasteiger partial charge in [0.15, 0.2) is 0 Å². The van der Waals surface area contributed by atoms with E-state index in [-0.39, 0.29) is 30.8 Å². The number of carbonyl (C=O) groups is 2. The van der Waals surface area contributed by atoms with Gasteiger partial charge < -0.3 is 5.11 Å². The molecule has 1 N–H and O–H groups in total. The van der Waals surface area contributed by atoms with E-state index in [1.165, 1.54) is 4.90 Å². The molecule has 0 bridgehead atoms. The van der Waals surface area contributed by atoms with Gasteiger partial charge in [-0.15, -0.1) is 0 Å². The molecular formula is C15H15NO3. The number of hydrogen-bond acceptors (Lipinski definition) is 3. The van der Waals surface area contributed by atoms with Gasteiger partial charge in [-0.3, -0.25) is 9.59 Å². The third-order valence-corrected chi connectivity index (χ3v) is 3.07. The molecule has 19 heavy (non-hydrogen) atoms. The van der Waals surface area contributed by atoms with Gasteiger partial charge in [0.2, 0.25) is 11.8 Å². The van der Waals surface area contributed by atoms with Gasteiger partial charge in [-0.05, 0) is 24.6 Å². The maximum atomic E-state index is 12.1. The molecule has 2 amide bonds. The number of carbonyl (C=O) groups excluding carboxylic acids is 2. The number of nitrogens with zero attached hydrogens (tertiary/aromatic N) is 1. The first kappa shape index (κ1) is 13.3. The normalized spacial score (nSPS) is 18.5. The molecule has 1 fully saturated rings. The second-order valence-electron chi connectivity index (χ2n) is 4.65. The monoisotopic (exact) mass is 257 g/mol. The highest BCUT2D eigenvalue weighted by molar-refractivity contribution is 6.21. The summed E-state index contributed by atoms with van der Waals surface area (Å²) in [5, 5.41) is 8.76. The Hall–Kier alpha value is -2.12. The average Bonchev–Trinajstić information content (AvgIpc) is 2.62. The van der Waals surface area contributed by atoms with Crippen LogP contribution in [0.4, 0.5) is 5.69 Å². The van der Waals surface area contributed by atoms with Crippen LogP contribution in [0.3, 0.4) is 0 Å². The molecule has 1 aromatic carbocycles. The number of hydrogen-bond donors (Lipinski definition) is 1. The molecule has 4 heteroatoms. The molecule has 0 spiro atoms. The Kier molecular flexibility index (Phi) is 3.68. The minimum absolute atomic E-state index is 0.192. The molecule has 1 aliphatic heterocycles. The minimum Gasteiger partial charge on any atom is -0.384 e. The SMILES string of the molecule is Cc1ccc(C#CCO)c(N2C(=O)CC(C)C2=O)c1. The summed E-state index contributed by atoms with van der Waals surface area (Å²) < 4.78 is 0. The van der Waals surface area contributed by atoms with Gasteiger partial charge in [0.25, 0.3) is 0 Å². The van der Waals surface area contributed by atoms with E-state index in [1.807, 2.05) is 13.0 Å². The van der Waals surface area contributed by atoms with Gasteiger partial charge in [-0.2, -0.15) is 0 Å². The highest BCUT2D eigenvalue weighted by atomic mass is 16.2. The molecule has 0 aliphatic carbocycles. The zero-order valence-electron chi connectivity index (χ0n) is 10.9. The van der Waals surface area contributed by atoms with Crippen LogP contribution in [0.2, 0.25) is 0 Å². The van der Waals surface area contributed by atoms with E-state index in [0.717, 1.165) is 5.56 Å². The maximum Gasteiger partial charge on any atom is 0.237 e. The van der Waals surface area contributed by atoms with Crippen molar-refractivity contribution in [3.05, 3.63) is 29.3 Å². The smallest absolute Gasteiger partial charge is 0.237 e. The summed E-state index contributed by atoms with van der Waals surface area (Å²) in [5.41, 5.74) is 2.04. The van der Waals surface area contributed by atoms with Crippen molar-refractivity contribution in [1.29, 1.82) is 0 Å². The summed E-state index contributed by atoms with van der Waals surface area (Å²) in [7, 11) is 0. The van der Waals surface area contributed by atoms with E-state index >= 15 is 0 Å². The van der Waals surface area contributed by atoms with Gasteiger partial charge >= 0.3 is 0 Å². The summed E-state index contributed by atoms with van der Waals surface area (Å²) in [4.78, 5) is 25.2. The first-order valence-electron chi connectivity index (χ1n) is 6.11. The molecule has 1 atom stereocenters. The third kappa shape index (κ3) is 2.51. The molecule has 0 saturated carbocycles. The Morgan fingerprint density at radius 3 is 2.74 bits per heavy atom. The topological polar surface area (TPSA) is 57.6 Å². The molecule has 4 nitrogen and oxygen atoms in total. The lowest BCUT2D eigenvalue weighted by atomic mass is 10.1. The number of aliphatic hydroxyl groups is 1. The molecule has 2 rings (SSSR count). The second kappa shape index (κ2) is 5.25. The fourth-order valence-corrected chi connectivity index (χ4v) is 2.10. The van der Waals surface area contributed by atoms with E-state index in [2.05, 4.69) is 11.8 Å². The highest BCUT2D eigenvalue weighted by Crippen LogP contribution is 2.29. The maximum absolute atomic E-state index is 12.1. The lowest BCUT2D eigenvalue weighted by Gasteiger charge is -2.17. The minimum atomic E-state index is -0.285. The summed E-state index contributed by atoms with van der Waals surface area (Å²) in [6, 6.07) is 5.39. The number of aliphatic hydroxyl groups excluding tert-OH is 1. The number of anilines is 1. The number of amides is 2. The molecular weight excluding hydrogens is 242 g/mol. The van der Waals surface area contributed by atoms with Crippen molar-refractivity contribution in [3.8, 4) is 11.8 Å². The standard InChI is InChI=1S/C15H15NO3/c1-10-5-6-12(4-3-7-17)13(8-10)16-14(18)9-11(2)15(16)19/h5-6,8,11,17H,7,9H2,1-2H3. The van der Waals surface area contributed by atoms with E-state index in [4.69, 9.17) is 5.11 Å². The third-order valence-electron chi connectivity index (χ3n) is 3.07. The zero-order valence-corrected chi connectivity index (χ0v) is 10.9. The fraction of sp³-hybridized carbons (Fsp3) is 0.333. The van der Waals surface area contributed by atoms with Gasteiger partial charge in [-0.25, -0.2) is 4.90 Å². The van der Waals surface area contributed by atoms with Crippen LogP contribution in [-0.2, 0) is 9.59 Å². The van der Waals surface area contributed by atoms with Gasteiger partial charge in [0, 0.05) is 17.9 Å². The Labute approximate surface area is 112 Å². The largest absolute Gasteiger partial charge is 0.384 e. The predicted octanol–water partition coefficient (Wildman–Crippen LogP) is 1.24. The Morgan fingerprint density at radius 1 is 1.42 bits per heavy atom. The van der Waals surface area contributed by atoms with Crippen LogP contribution in [-0.4, -0.2) is 23.5 Å². The number of aryl methyl sites for hydroxylation is 1. The van der Waals surface area contributed by atoms with Crippen LogP contribution < -0.4 is 4.90 Å². The molecule has 1 aliphatic rings. The predicted molar refractivity (Wildman–Crippen MR) is 71.4 cm³/mol. The molecule has 1 heterocycles. The van der Waals surface area contributed by atoms with Gasteiger partial charge in [0.1, 0.15) is 6.61 Å². The van der Waals surface area contributed by atoms with E-state index in [9.17, 15) is 9.59 Å². The van der Waals surface area contributed by atoms with Crippen molar-refractivity contribution in [3.63, 3.8) is 0 Å². The molecule has 1 unspecified atom stereocenters. The summed E-state index contributed by atoms with van der Waals surface area (Å²) in [5.74, 6) is 4.65. The van der Waals surface area contributed by atoms with Crippen LogP contribution in [0.15, 0.2) is 18.2 Å². The Morgan fingerprint density at radius 2 is 2.16 bits per heavy atom. The summed E-state index contributed by atoms with van der Waals surface area (Å²) >= 11 is 0.